The number of carbonyl (C=O) groups is 2. The largest absolute Gasteiger partial charge is 0.494 e. The van der Waals surface area contributed by atoms with Crippen LogP contribution in [-0.2, 0) is 36.8 Å². The van der Waals surface area contributed by atoms with Gasteiger partial charge < -0.3 is 39.6 Å². The highest BCUT2D eigenvalue weighted by Gasteiger charge is 2.28. The van der Waals surface area contributed by atoms with Gasteiger partial charge in [-0.05, 0) is 48.9 Å². The third-order valence-corrected chi connectivity index (χ3v) is 6.30. The highest BCUT2D eigenvalue weighted by molar-refractivity contribution is 5.89. The van der Waals surface area contributed by atoms with Crippen molar-refractivity contribution in [2.45, 2.75) is 39.2 Å². The molecule has 2 heterocycles. The van der Waals surface area contributed by atoms with Gasteiger partial charge in [0, 0.05) is 45.3 Å². The summed E-state index contributed by atoms with van der Waals surface area (Å²) in [6, 6.07) is 5.78. The highest BCUT2D eigenvalue weighted by Crippen LogP contribution is 2.26. The Morgan fingerprint density at radius 2 is 1.90 bits per heavy atom. The van der Waals surface area contributed by atoms with Gasteiger partial charge in [0.15, 0.2) is 5.96 Å². The molecule has 3 N–H and O–H groups in total. The van der Waals surface area contributed by atoms with Gasteiger partial charge in [0.05, 0.1) is 39.6 Å². The van der Waals surface area contributed by atoms with E-state index in [2.05, 4.69) is 34.4 Å². The number of guanidine groups is 1. The first-order valence-corrected chi connectivity index (χ1v) is 14.1. The summed E-state index contributed by atoms with van der Waals surface area (Å²) >= 11 is 0. The molecule has 0 saturated carbocycles. The maximum Gasteiger partial charge on any atom is 0.381 e. The van der Waals surface area contributed by atoms with E-state index in [-0.39, 0.29) is 5.91 Å². The number of fused-ring (bicyclic) bond motifs is 1. The molecule has 0 radical (unpaired) electrons. The molecule has 220 valence electrons. The summed E-state index contributed by atoms with van der Waals surface area (Å²) in [4.78, 5) is 30.4. The van der Waals surface area contributed by atoms with Gasteiger partial charge in [-0.1, -0.05) is 18.9 Å². The van der Waals surface area contributed by atoms with Crippen molar-refractivity contribution in [2.24, 2.45) is 10.9 Å². The Bertz CT molecular complexity index is 1040. The van der Waals surface area contributed by atoms with E-state index in [1.54, 1.807) is 4.90 Å². The lowest BCUT2D eigenvalue weighted by Gasteiger charge is -2.23. The quantitative estimate of drug-likeness (QED) is 0.204. The lowest BCUT2D eigenvalue weighted by molar-refractivity contribution is -0.134. The number of carboxylic acids is 1. The van der Waals surface area contributed by atoms with Crippen LogP contribution in [0.3, 0.4) is 0 Å². The van der Waals surface area contributed by atoms with E-state index in [4.69, 9.17) is 24.1 Å². The molecule has 11 nitrogen and oxygen atoms in total. The number of aliphatic imine (C=N–C) groups is 1. The molecule has 0 unspecified atom stereocenters. The van der Waals surface area contributed by atoms with Crippen LogP contribution in [-0.4, -0.2) is 100 Å². The lowest BCUT2D eigenvalue weighted by Crippen LogP contribution is -2.41. The Labute approximate surface area is 236 Å². The van der Waals surface area contributed by atoms with Crippen LogP contribution in [0.2, 0.25) is 0 Å². The molecule has 3 rings (SSSR count). The molecular formula is C29H42N4O7. The Balaban J connectivity index is 1.51. The molecule has 0 aromatic heterocycles. The maximum atomic E-state index is 13.3. The molecule has 1 amide bonds. The summed E-state index contributed by atoms with van der Waals surface area (Å²) in [5, 5.41) is 15.5. The minimum Gasteiger partial charge on any atom is -0.494 e. The number of nitrogens with one attached hydrogen (secondary N) is 2. The number of aliphatic carboxylic acids is 1. The zero-order valence-electron chi connectivity index (χ0n) is 23.4. The topological polar surface area (TPSA) is 131 Å². The molecule has 0 aliphatic carbocycles. The summed E-state index contributed by atoms with van der Waals surface area (Å²) in [5.41, 5.74) is 1.91. The van der Waals surface area contributed by atoms with Gasteiger partial charge in [-0.25, -0.2) is 4.79 Å². The molecule has 2 aliphatic rings. The molecule has 11 heteroatoms. The number of amides is 1. The average Bonchev–Trinajstić information content (AvgIpc) is 3.09. The first-order chi connectivity index (χ1) is 19.6. The number of carboxylic acid groups (broad SMARTS) is 1. The molecule has 40 heavy (non-hydrogen) atoms. The molecule has 1 atom stereocenters. The number of rotatable bonds is 16. The highest BCUT2D eigenvalue weighted by atomic mass is 16.5. The summed E-state index contributed by atoms with van der Waals surface area (Å²) in [7, 11) is 0. The fraction of sp³-hybridized carbons (Fsp3) is 0.621. The van der Waals surface area contributed by atoms with Crippen LogP contribution in [0.5, 0.6) is 5.75 Å². The predicted octanol–water partition coefficient (Wildman–Crippen LogP) is 1.44. The molecule has 1 aromatic rings. The molecule has 1 aromatic carbocycles. The minimum absolute atomic E-state index is 0.203. The lowest BCUT2D eigenvalue weighted by atomic mass is 9.97. The van der Waals surface area contributed by atoms with E-state index in [0.29, 0.717) is 59.2 Å². The third-order valence-electron chi connectivity index (χ3n) is 6.30. The van der Waals surface area contributed by atoms with E-state index in [1.807, 2.05) is 18.2 Å². The first-order valence-electron chi connectivity index (χ1n) is 14.1. The normalized spacial score (nSPS) is 16.6. The summed E-state index contributed by atoms with van der Waals surface area (Å²) in [6.45, 7) is 8.85. The predicted molar refractivity (Wildman–Crippen MR) is 150 cm³/mol. The van der Waals surface area contributed by atoms with Crippen molar-refractivity contribution in [2.75, 3.05) is 72.4 Å². The molecule has 0 spiro atoms. The van der Waals surface area contributed by atoms with E-state index in [9.17, 15) is 9.59 Å². The van der Waals surface area contributed by atoms with Crippen LogP contribution in [0.15, 0.2) is 23.2 Å². The number of carbonyl (C=O) groups excluding carboxylic acids is 1. The molecular weight excluding hydrogens is 516 g/mol. The molecule has 0 saturated heterocycles. The Morgan fingerprint density at radius 1 is 1.12 bits per heavy atom. The Morgan fingerprint density at radius 3 is 2.62 bits per heavy atom. The van der Waals surface area contributed by atoms with Crippen LogP contribution >= 0.6 is 0 Å². The van der Waals surface area contributed by atoms with Crippen molar-refractivity contribution in [3.8, 4) is 17.6 Å². The van der Waals surface area contributed by atoms with Crippen molar-refractivity contribution in [3.63, 3.8) is 0 Å². The van der Waals surface area contributed by atoms with Gasteiger partial charge in [-0.15, -0.1) is 0 Å². The minimum atomic E-state index is -1.25. The average molecular weight is 559 g/mol. The SMILES string of the molecule is CCCOCCOCCOCCN1Cc2cc(OCCCNC3=NCCCN3)ccc2C[C@@H](C#CC(=O)O)C1=O. The molecule has 0 bridgehead atoms. The van der Waals surface area contributed by atoms with Gasteiger partial charge in [-0.3, -0.25) is 9.79 Å². The second-order valence-corrected chi connectivity index (χ2v) is 9.50. The van der Waals surface area contributed by atoms with Gasteiger partial charge >= 0.3 is 5.97 Å². The van der Waals surface area contributed by atoms with Gasteiger partial charge in [-0.2, -0.15) is 0 Å². The first kappa shape index (κ1) is 31.2. The van der Waals surface area contributed by atoms with Crippen molar-refractivity contribution in [3.05, 3.63) is 29.3 Å². The number of hydrogen-bond acceptors (Lipinski definition) is 9. The zero-order valence-corrected chi connectivity index (χ0v) is 23.4. The standard InChI is InChI=1S/C29H42N4O7/c1-2-13-37-16-18-39-19-17-38-15-12-33-22-25-21-26(40-14-4-11-32-29-30-9-3-10-31-29)7-5-23(25)20-24(28(33)36)6-8-27(34)35/h5,7,21,24H,2-4,9-20,22H2,1H3,(H,34,35)(H2,30,31,32)/t24-/m1/s1. The summed E-state index contributed by atoms with van der Waals surface area (Å²) < 4.78 is 22.5. The monoisotopic (exact) mass is 558 g/mol. The summed E-state index contributed by atoms with van der Waals surface area (Å²) in [5.74, 6) is 4.15. The van der Waals surface area contributed by atoms with Crippen LogP contribution in [0.4, 0.5) is 0 Å². The fourth-order valence-corrected chi connectivity index (χ4v) is 4.28. The van der Waals surface area contributed by atoms with E-state index in [1.165, 1.54) is 0 Å². The Hall–Kier alpha value is -3.33. The van der Waals surface area contributed by atoms with Crippen molar-refractivity contribution in [1.29, 1.82) is 0 Å². The molecule has 2 aliphatic heterocycles. The van der Waals surface area contributed by atoms with E-state index >= 15 is 0 Å². The zero-order chi connectivity index (χ0) is 28.4. The second-order valence-electron chi connectivity index (χ2n) is 9.50. The van der Waals surface area contributed by atoms with Crippen LogP contribution < -0.4 is 15.4 Å². The van der Waals surface area contributed by atoms with E-state index in [0.717, 1.165) is 68.3 Å². The third kappa shape index (κ3) is 11.4. The number of ether oxygens (including phenoxy) is 4. The van der Waals surface area contributed by atoms with Crippen molar-refractivity contribution < 1.29 is 33.6 Å². The molecule has 0 fully saturated rings. The van der Waals surface area contributed by atoms with Crippen LogP contribution in [0, 0.1) is 17.8 Å². The van der Waals surface area contributed by atoms with Crippen molar-refractivity contribution >= 4 is 17.8 Å². The number of benzene rings is 1. The van der Waals surface area contributed by atoms with Gasteiger partial charge in [0.25, 0.3) is 0 Å². The number of hydrogen-bond donors (Lipinski definition) is 3. The summed E-state index contributed by atoms with van der Waals surface area (Å²) in [6.07, 6.45) is 3.19. The smallest absolute Gasteiger partial charge is 0.381 e. The van der Waals surface area contributed by atoms with Gasteiger partial charge in [0.1, 0.15) is 11.7 Å². The van der Waals surface area contributed by atoms with Gasteiger partial charge in [0.2, 0.25) is 5.91 Å². The second kappa shape index (κ2) is 18.1. The fourth-order valence-electron chi connectivity index (χ4n) is 4.28. The van der Waals surface area contributed by atoms with Crippen LogP contribution in [0.1, 0.15) is 37.3 Å². The maximum absolute atomic E-state index is 13.3. The van der Waals surface area contributed by atoms with Crippen molar-refractivity contribution in [1.82, 2.24) is 15.5 Å². The van der Waals surface area contributed by atoms with Crippen LogP contribution in [0.25, 0.3) is 0 Å². The van der Waals surface area contributed by atoms with E-state index < -0.39 is 11.9 Å². The Kier molecular flexibility index (Phi) is 14.1. The number of nitrogens with zero attached hydrogens (tertiary/aromatic N) is 2.